The molecule has 0 amide bonds. The van der Waals surface area contributed by atoms with Crippen LogP contribution >= 0.6 is 0 Å². The minimum atomic E-state index is -0.445. The van der Waals surface area contributed by atoms with Gasteiger partial charge in [0, 0.05) is 30.2 Å². The zero-order chi connectivity index (χ0) is 13.2. The van der Waals surface area contributed by atoms with Gasteiger partial charge in [-0.05, 0) is 18.2 Å². The molecule has 0 saturated carbocycles. The lowest BCUT2D eigenvalue weighted by Crippen LogP contribution is -1.98. The number of H-pyrrole nitrogens is 1. The Hall–Kier alpha value is -2.76. The van der Waals surface area contributed by atoms with E-state index in [1.54, 1.807) is 23.1 Å². The van der Waals surface area contributed by atoms with E-state index >= 15 is 0 Å². The molecule has 19 heavy (non-hydrogen) atoms. The van der Waals surface area contributed by atoms with Crippen molar-refractivity contribution in [2.75, 3.05) is 5.32 Å². The lowest BCUT2D eigenvalue weighted by atomic mass is 10.2. The second-order valence-corrected chi connectivity index (χ2v) is 4.09. The molecule has 2 aromatic heterocycles. The SMILES string of the molecule is C=Cn1cc(CNc2ccc3oc(=O)[nH]c3c2)cn1. The van der Waals surface area contributed by atoms with Crippen molar-refractivity contribution in [1.29, 1.82) is 0 Å². The third-order valence-electron chi connectivity index (χ3n) is 2.76. The van der Waals surface area contributed by atoms with E-state index in [1.165, 1.54) is 0 Å². The van der Waals surface area contributed by atoms with Gasteiger partial charge < -0.3 is 9.73 Å². The summed E-state index contributed by atoms with van der Waals surface area (Å²) in [4.78, 5) is 13.7. The molecule has 0 saturated heterocycles. The average Bonchev–Trinajstić information content (AvgIpc) is 3.00. The number of nitrogens with zero attached hydrogens (tertiary/aromatic N) is 2. The third-order valence-corrected chi connectivity index (χ3v) is 2.76. The van der Waals surface area contributed by atoms with Gasteiger partial charge >= 0.3 is 5.76 Å². The standard InChI is InChI=1S/C13H12N4O2/c1-2-17-8-9(7-15-17)6-14-10-3-4-12-11(5-10)16-13(18)19-12/h2-5,7-8,14H,1,6H2,(H,16,18). The van der Waals surface area contributed by atoms with Crippen molar-refractivity contribution in [3.8, 4) is 0 Å². The quantitative estimate of drug-likeness (QED) is 0.748. The van der Waals surface area contributed by atoms with Gasteiger partial charge in [0.05, 0.1) is 11.7 Å². The van der Waals surface area contributed by atoms with Gasteiger partial charge in [0.25, 0.3) is 0 Å². The van der Waals surface area contributed by atoms with Crippen LogP contribution in [-0.4, -0.2) is 14.8 Å². The van der Waals surface area contributed by atoms with E-state index < -0.39 is 5.76 Å². The monoisotopic (exact) mass is 256 g/mol. The molecule has 0 aliphatic rings. The smallest absolute Gasteiger partial charge is 0.408 e. The van der Waals surface area contributed by atoms with Crippen molar-refractivity contribution in [2.24, 2.45) is 0 Å². The van der Waals surface area contributed by atoms with Gasteiger partial charge in [-0.15, -0.1) is 0 Å². The first-order valence-electron chi connectivity index (χ1n) is 5.77. The predicted octanol–water partition coefficient (Wildman–Crippen LogP) is 2.03. The number of fused-ring (bicyclic) bond motifs is 1. The summed E-state index contributed by atoms with van der Waals surface area (Å²) in [6.07, 6.45) is 5.29. The summed E-state index contributed by atoms with van der Waals surface area (Å²) < 4.78 is 6.59. The Balaban J connectivity index is 1.77. The van der Waals surface area contributed by atoms with E-state index in [-0.39, 0.29) is 0 Å². The van der Waals surface area contributed by atoms with Crippen molar-refractivity contribution in [3.05, 3.63) is 53.3 Å². The van der Waals surface area contributed by atoms with Crippen LogP contribution in [0, 0.1) is 0 Å². The molecule has 0 aliphatic carbocycles. The number of benzene rings is 1. The predicted molar refractivity (Wildman–Crippen MR) is 72.8 cm³/mol. The van der Waals surface area contributed by atoms with E-state index in [0.29, 0.717) is 17.6 Å². The van der Waals surface area contributed by atoms with E-state index in [9.17, 15) is 4.79 Å². The Kier molecular flexibility index (Phi) is 2.68. The first kappa shape index (κ1) is 11.3. The molecule has 6 nitrogen and oxygen atoms in total. The van der Waals surface area contributed by atoms with Gasteiger partial charge in [0.15, 0.2) is 5.58 Å². The first-order valence-corrected chi connectivity index (χ1v) is 5.77. The normalized spacial score (nSPS) is 10.7. The number of rotatable bonds is 4. The number of oxazole rings is 1. The molecule has 3 aromatic rings. The summed E-state index contributed by atoms with van der Waals surface area (Å²) in [5, 5.41) is 7.34. The molecule has 2 heterocycles. The summed E-state index contributed by atoms with van der Waals surface area (Å²) in [5.74, 6) is -0.445. The summed E-state index contributed by atoms with van der Waals surface area (Å²) in [6.45, 7) is 4.28. The summed E-state index contributed by atoms with van der Waals surface area (Å²) in [5.41, 5.74) is 3.17. The fourth-order valence-electron chi connectivity index (χ4n) is 1.83. The summed E-state index contributed by atoms with van der Waals surface area (Å²) >= 11 is 0. The van der Waals surface area contributed by atoms with Crippen LogP contribution in [0.25, 0.3) is 17.3 Å². The van der Waals surface area contributed by atoms with Crippen LogP contribution in [0.2, 0.25) is 0 Å². The Labute approximate surface area is 108 Å². The number of hydrogen-bond donors (Lipinski definition) is 2. The van der Waals surface area contributed by atoms with Gasteiger partial charge in [-0.25, -0.2) is 9.48 Å². The highest BCUT2D eigenvalue weighted by Crippen LogP contribution is 2.16. The maximum Gasteiger partial charge on any atom is 0.417 e. The molecule has 6 heteroatoms. The van der Waals surface area contributed by atoms with E-state index in [0.717, 1.165) is 11.3 Å². The second-order valence-electron chi connectivity index (χ2n) is 4.09. The van der Waals surface area contributed by atoms with Crippen molar-refractivity contribution < 1.29 is 4.42 Å². The minimum Gasteiger partial charge on any atom is -0.408 e. The number of hydrogen-bond acceptors (Lipinski definition) is 4. The number of anilines is 1. The van der Waals surface area contributed by atoms with E-state index in [2.05, 4.69) is 22.0 Å². The number of nitrogens with one attached hydrogen (secondary N) is 2. The zero-order valence-electron chi connectivity index (χ0n) is 10.1. The Morgan fingerprint density at radius 3 is 3.21 bits per heavy atom. The Bertz CT molecular complexity index is 781. The Morgan fingerprint density at radius 2 is 2.42 bits per heavy atom. The van der Waals surface area contributed by atoms with Crippen LogP contribution < -0.4 is 11.1 Å². The minimum absolute atomic E-state index is 0.445. The first-order chi connectivity index (χ1) is 9.24. The van der Waals surface area contributed by atoms with Crippen molar-refractivity contribution >= 4 is 23.0 Å². The molecular formula is C13H12N4O2. The second kappa shape index (κ2) is 4.49. The lowest BCUT2D eigenvalue weighted by Gasteiger charge is -2.03. The topological polar surface area (TPSA) is 75.8 Å². The van der Waals surface area contributed by atoms with Crippen LogP contribution in [-0.2, 0) is 6.54 Å². The summed E-state index contributed by atoms with van der Waals surface area (Å²) in [7, 11) is 0. The highest BCUT2D eigenvalue weighted by Gasteiger charge is 2.02. The van der Waals surface area contributed by atoms with Gasteiger partial charge in [-0.3, -0.25) is 4.98 Å². The third kappa shape index (κ3) is 2.28. The van der Waals surface area contributed by atoms with Gasteiger partial charge in [-0.1, -0.05) is 6.58 Å². The van der Waals surface area contributed by atoms with Crippen LogP contribution in [0.15, 0.2) is 46.4 Å². The largest absolute Gasteiger partial charge is 0.417 e. The molecule has 0 radical (unpaired) electrons. The number of aromatic nitrogens is 3. The van der Waals surface area contributed by atoms with Gasteiger partial charge in [0.1, 0.15) is 0 Å². The molecule has 0 unspecified atom stereocenters. The van der Waals surface area contributed by atoms with Crippen LogP contribution in [0.5, 0.6) is 0 Å². The fourth-order valence-corrected chi connectivity index (χ4v) is 1.83. The molecule has 3 rings (SSSR count). The molecule has 2 N–H and O–H groups in total. The highest BCUT2D eigenvalue weighted by atomic mass is 16.4. The van der Waals surface area contributed by atoms with Gasteiger partial charge in [0.2, 0.25) is 0 Å². The highest BCUT2D eigenvalue weighted by molar-refractivity contribution is 5.76. The molecule has 0 aliphatic heterocycles. The molecule has 96 valence electrons. The maximum absolute atomic E-state index is 11.1. The molecule has 0 atom stereocenters. The molecular weight excluding hydrogens is 244 g/mol. The molecule has 0 bridgehead atoms. The van der Waals surface area contributed by atoms with E-state index in [4.69, 9.17) is 4.42 Å². The van der Waals surface area contributed by atoms with Crippen molar-refractivity contribution in [1.82, 2.24) is 14.8 Å². The van der Waals surface area contributed by atoms with Crippen molar-refractivity contribution in [2.45, 2.75) is 6.54 Å². The maximum atomic E-state index is 11.1. The molecule has 1 aromatic carbocycles. The van der Waals surface area contributed by atoms with Gasteiger partial charge in [-0.2, -0.15) is 5.10 Å². The van der Waals surface area contributed by atoms with E-state index in [1.807, 2.05) is 18.3 Å². The molecule has 0 spiro atoms. The van der Waals surface area contributed by atoms with Crippen LogP contribution in [0.4, 0.5) is 5.69 Å². The zero-order valence-corrected chi connectivity index (χ0v) is 10.1. The van der Waals surface area contributed by atoms with Crippen molar-refractivity contribution in [3.63, 3.8) is 0 Å². The molecule has 0 fully saturated rings. The fraction of sp³-hybridized carbons (Fsp3) is 0.0769. The summed E-state index contributed by atoms with van der Waals surface area (Å²) in [6, 6.07) is 5.44. The van der Waals surface area contributed by atoms with Crippen LogP contribution in [0.1, 0.15) is 5.56 Å². The average molecular weight is 256 g/mol. The lowest BCUT2D eigenvalue weighted by molar-refractivity contribution is 0.555. The Morgan fingerprint density at radius 1 is 1.53 bits per heavy atom. The van der Waals surface area contributed by atoms with Crippen LogP contribution in [0.3, 0.4) is 0 Å². The number of aromatic amines is 1.